The Morgan fingerprint density at radius 2 is 2.37 bits per heavy atom. The van der Waals surface area contributed by atoms with Crippen LogP contribution >= 0.6 is 11.3 Å². The van der Waals surface area contributed by atoms with Crippen molar-refractivity contribution in [3.63, 3.8) is 0 Å². The van der Waals surface area contributed by atoms with Crippen molar-refractivity contribution in [2.45, 2.75) is 25.8 Å². The van der Waals surface area contributed by atoms with Gasteiger partial charge in [-0.3, -0.25) is 9.69 Å². The molecule has 5 heteroatoms. The number of rotatable bonds is 5. The first-order valence-corrected chi connectivity index (χ1v) is 7.76. The molecule has 1 aromatic rings. The van der Waals surface area contributed by atoms with E-state index in [0.29, 0.717) is 0 Å². The van der Waals surface area contributed by atoms with Crippen molar-refractivity contribution < 1.29 is 4.79 Å². The second-order valence-electron chi connectivity index (χ2n) is 5.10. The zero-order chi connectivity index (χ0) is 13.8. The number of carbonyl (C=O) groups excluding carboxylic acids is 1. The van der Waals surface area contributed by atoms with Gasteiger partial charge in [0.1, 0.15) is 6.04 Å². The standard InChI is InChI=1S/C14H23N3OS/c1-4-7-16(3)10-17-8-5-11-6-9-19-13(11)12(15-2)14(17)18/h6,9,12,15H,4-5,7-8,10H2,1-3H3. The van der Waals surface area contributed by atoms with Crippen LogP contribution in [0.2, 0.25) is 0 Å². The Hall–Kier alpha value is -0.910. The first-order chi connectivity index (χ1) is 9.17. The highest BCUT2D eigenvalue weighted by Crippen LogP contribution is 2.29. The average Bonchev–Trinajstić information content (AvgIpc) is 2.79. The summed E-state index contributed by atoms with van der Waals surface area (Å²) in [7, 11) is 3.94. The molecule has 1 unspecified atom stereocenters. The molecule has 2 heterocycles. The molecule has 1 aliphatic heterocycles. The lowest BCUT2D eigenvalue weighted by Crippen LogP contribution is -2.44. The normalized spacial score (nSPS) is 19.7. The Labute approximate surface area is 119 Å². The van der Waals surface area contributed by atoms with Crippen molar-refractivity contribution in [2.75, 3.05) is 33.9 Å². The summed E-state index contributed by atoms with van der Waals surface area (Å²) in [6, 6.07) is 1.98. The van der Waals surface area contributed by atoms with Crippen LogP contribution in [0.5, 0.6) is 0 Å². The molecule has 1 N–H and O–H groups in total. The van der Waals surface area contributed by atoms with E-state index in [1.54, 1.807) is 11.3 Å². The third-order valence-electron chi connectivity index (χ3n) is 3.56. The molecule has 0 fully saturated rings. The maximum Gasteiger partial charge on any atom is 0.246 e. The minimum absolute atomic E-state index is 0.174. The van der Waals surface area contributed by atoms with Gasteiger partial charge in [-0.2, -0.15) is 0 Å². The highest BCUT2D eigenvalue weighted by atomic mass is 32.1. The Morgan fingerprint density at radius 3 is 3.05 bits per heavy atom. The minimum Gasteiger partial charge on any atom is -0.328 e. The van der Waals surface area contributed by atoms with Gasteiger partial charge in [-0.1, -0.05) is 6.92 Å². The van der Waals surface area contributed by atoms with Crippen molar-refractivity contribution in [1.29, 1.82) is 0 Å². The molecule has 0 aliphatic carbocycles. The fourth-order valence-corrected chi connectivity index (χ4v) is 3.66. The van der Waals surface area contributed by atoms with Crippen molar-refractivity contribution in [3.05, 3.63) is 21.9 Å². The van der Waals surface area contributed by atoms with Gasteiger partial charge in [0, 0.05) is 11.4 Å². The van der Waals surface area contributed by atoms with Crippen LogP contribution in [0.15, 0.2) is 11.4 Å². The quantitative estimate of drug-likeness (QED) is 0.892. The van der Waals surface area contributed by atoms with Crippen LogP contribution in [-0.2, 0) is 11.2 Å². The Balaban J connectivity index is 2.13. The fourth-order valence-electron chi connectivity index (χ4n) is 2.61. The number of likely N-dealkylation sites (N-methyl/N-ethyl adjacent to an activating group) is 1. The second kappa shape index (κ2) is 6.50. The summed E-state index contributed by atoms with van der Waals surface area (Å²) in [6.45, 7) is 4.72. The summed E-state index contributed by atoms with van der Waals surface area (Å²) in [5.41, 5.74) is 1.32. The van der Waals surface area contributed by atoms with Crippen molar-refractivity contribution in [3.8, 4) is 0 Å². The summed E-state index contributed by atoms with van der Waals surface area (Å²) in [4.78, 5) is 18.0. The fraction of sp³-hybridized carbons (Fsp3) is 0.643. The van der Waals surface area contributed by atoms with E-state index in [1.807, 2.05) is 11.9 Å². The van der Waals surface area contributed by atoms with E-state index in [1.165, 1.54) is 10.4 Å². The predicted octanol–water partition coefficient (Wildman–Crippen LogP) is 1.69. The number of fused-ring (bicyclic) bond motifs is 1. The van der Waals surface area contributed by atoms with E-state index in [0.717, 1.165) is 32.6 Å². The van der Waals surface area contributed by atoms with Gasteiger partial charge in [0.25, 0.3) is 0 Å². The summed E-state index contributed by atoms with van der Waals surface area (Å²) >= 11 is 1.68. The molecular weight excluding hydrogens is 258 g/mol. The third-order valence-corrected chi connectivity index (χ3v) is 4.58. The van der Waals surface area contributed by atoms with Crippen LogP contribution in [0.4, 0.5) is 0 Å². The van der Waals surface area contributed by atoms with Gasteiger partial charge in [0.2, 0.25) is 5.91 Å². The van der Waals surface area contributed by atoms with Crippen LogP contribution in [-0.4, -0.2) is 49.6 Å². The molecule has 1 atom stereocenters. The molecule has 0 bridgehead atoms. The number of hydrogen-bond donors (Lipinski definition) is 1. The molecular formula is C14H23N3OS. The molecule has 1 aliphatic rings. The highest BCUT2D eigenvalue weighted by Gasteiger charge is 2.30. The van der Waals surface area contributed by atoms with Crippen molar-refractivity contribution >= 4 is 17.2 Å². The average molecular weight is 281 g/mol. The molecule has 0 spiro atoms. The molecule has 0 aromatic carbocycles. The van der Waals surface area contributed by atoms with Gasteiger partial charge in [-0.05, 0) is 50.5 Å². The topological polar surface area (TPSA) is 35.6 Å². The number of nitrogens with one attached hydrogen (secondary N) is 1. The van der Waals surface area contributed by atoms with Crippen LogP contribution < -0.4 is 5.32 Å². The number of hydrogen-bond acceptors (Lipinski definition) is 4. The van der Waals surface area contributed by atoms with Crippen molar-refractivity contribution in [2.24, 2.45) is 0 Å². The van der Waals surface area contributed by atoms with Gasteiger partial charge in [-0.15, -0.1) is 11.3 Å². The van der Waals surface area contributed by atoms with E-state index in [-0.39, 0.29) is 11.9 Å². The highest BCUT2D eigenvalue weighted by molar-refractivity contribution is 7.10. The molecule has 1 aromatic heterocycles. The Bertz CT molecular complexity index is 432. The largest absolute Gasteiger partial charge is 0.328 e. The maximum absolute atomic E-state index is 12.6. The first kappa shape index (κ1) is 14.5. The predicted molar refractivity (Wildman–Crippen MR) is 79.3 cm³/mol. The first-order valence-electron chi connectivity index (χ1n) is 6.88. The van der Waals surface area contributed by atoms with Gasteiger partial charge in [0.15, 0.2) is 0 Å². The van der Waals surface area contributed by atoms with Crippen LogP contribution in [0.1, 0.15) is 29.8 Å². The number of thiophene rings is 1. The minimum atomic E-state index is -0.174. The lowest BCUT2D eigenvalue weighted by molar-refractivity contribution is -0.135. The lowest BCUT2D eigenvalue weighted by Gasteiger charge is -2.28. The maximum atomic E-state index is 12.6. The van der Waals surface area contributed by atoms with Crippen LogP contribution in [0.25, 0.3) is 0 Å². The SMILES string of the molecule is CCCN(C)CN1CCc2ccsc2C(NC)C1=O. The van der Waals surface area contributed by atoms with Crippen molar-refractivity contribution in [1.82, 2.24) is 15.1 Å². The molecule has 4 nitrogen and oxygen atoms in total. The molecule has 0 saturated carbocycles. The van der Waals surface area contributed by atoms with Gasteiger partial charge in [0.05, 0.1) is 6.67 Å². The van der Waals surface area contributed by atoms with E-state index in [2.05, 4.69) is 35.6 Å². The number of carbonyl (C=O) groups is 1. The van der Waals surface area contributed by atoms with Gasteiger partial charge < -0.3 is 10.2 Å². The Morgan fingerprint density at radius 1 is 1.58 bits per heavy atom. The monoisotopic (exact) mass is 281 g/mol. The Kier molecular flexibility index (Phi) is 4.96. The number of amides is 1. The smallest absolute Gasteiger partial charge is 0.246 e. The third kappa shape index (κ3) is 3.16. The van der Waals surface area contributed by atoms with E-state index in [9.17, 15) is 4.79 Å². The zero-order valence-electron chi connectivity index (χ0n) is 12.0. The molecule has 2 rings (SSSR count). The molecule has 19 heavy (non-hydrogen) atoms. The van der Waals surface area contributed by atoms with E-state index >= 15 is 0 Å². The molecule has 1 amide bonds. The zero-order valence-corrected chi connectivity index (χ0v) is 12.8. The van der Waals surface area contributed by atoms with E-state index in [4.69, 9.17) is 0 Å². The number of nitrogens with zero attached hydrogens (tertiary/aromatic N) is 2. The summed E-state index contributed by atoms with van der Waals surface area (Å²) in [6.07, 6.45) is 2.07. The molecule has 0 saturated heterocycles. The van der Waals surface area contributed by atoms with Gasteiger partial charge in [-0.25, -0.2) is 0 Å². The molecule has 0 radical (unpaired) electrons. The van der Waals surface area contributed by atoms with Crippen LogP contribution in [0.3, 0.4) is 0 Å². The summed E-state index contributed by atoms with van der Waals surface area (Å²) in [5, 5.41) is 5.26. The van der Waals surface area contributed by atoms with Gasteiger partial charge >= 0.3 is 0 Å². The van der Waals surface area contributed by atoms with Crippen LogP contribution in [0, 0.1) is 0 Å². The molecule has 106 valence electrons. The summed E-state index contributed by atoms with van der Waals surface area (Å²) in [5.74, 6) is 0.201. The summed E-state index contributed by atoms with van der Waals surface area (Å²) < 4.78 is 0. The second-order valence-corrected chi connectivity index (χ2v) is 6.05. The lowest BCUT2D eigenvalue weighted by atomic mass is 10.1. The van der Waals surface area contributed by atoms with E-state index < -0.39 is 0 Å².